The van der Waals surface area contributed by atoms with E-state index >= 15 is 0 Å². The van der Waals surface area contributed by atoms with Crippen molar-refractivity contribution in [2.45, 2.75) is 19.7 Å². The van der Waals surface area contributed by atoms with E-state index in [4.69, 9.17) is 4.74 Å². The Morgan fingerprint density at radius 2 is 1.83 bits per heavy atom. The molecule has 0 saturated carbocycles. The molecule has 0 bridgehead atoms. The molecule has 0 aromatic heterocycles. The molecule has 0 aliphatic carbocycles. The first-order chi connectivity index (χ1) is 11.1. The van der Waals surface area contributed by atoms with Crippen LogP contribution < -0.4 is 9.47 Å². The van der Waals surface area contributed by atoms with Crippen molar-refractivity contribution in [2.75, 3.05) is 13.7 Å². The lowest BCUT2D eigenvalue weighted by Gasteiger charge is -2.11. The lowest BCUT2D eigenvalue weighted by Crippen LogP contribution is -2.17. The molecular weight excluding hydrogens is 333 g/mol. The monoisotopic (exact) mass is 348 g/mol. The summed E-state index contributed by atoms with van der Waals surface area (Å²) < 4.78 is 50.0. The van der Waals surface area contributed by atoms with E-state index in [1.165, 1.54) is 20.1 Å². The van der Waals surface area contributed by atoms with E-state index in [9.17, 15) is 27.9 Å². The van der Waals surface area contributed by atoms with Crippen LogP contribution >= 0.6 is 0 Å². The van der Waals surface area contributed by atoms with Crippen molar-refractivity contribution in [1.82, 2.24) is 0 Å². The van der Waals surface area contributed by atoms with E-state index in [1.54, 1.807) is 0 Å². The first kappa shape index (κ1) is 19.3. The molecule has 0 atom stereocenters. The number of benzene rings is 1. The van der Waals surface area contributed by atoms with Crippen molar-refractivity contribution < 1.29 is 42.1 Å². The molecule has 24 heavy (non-hydrogen) atoms. The van der Waals surface area contributed by atoms with Gasteiger partial charge >= 0.3 is 12.3 Å². The minimum absolute atomic E-state index is 0.0128. The first-order valence-corrected chi connectivity index (χ1v) is 6.69. The summed E-state index contributed by atoms with van der Waals surface area (Å²) in [7, 11) is 1.24. The third-order valence-corrected chi connectivity index (χ3v) is 2.57. The number of carbonyl (C=O) groups is 2. The SMILES string of the molecule is CCOC(=O)/C(O)=C/C(=O)Cc1cc(OC)cc(OC(F)(F)F)c1. The lowest BCUT2D eigenvalue weighted by molar-refractivity contribution is -0.274. The Morgan fingerprint density at radius 1 is 1.21 bits per heavy atom. The maximum absolute atomic E-state index is 12.3. The highest BCUT2D eigenvalue weighted by atomic mass is 19.4. The van der Waals surface area contributed by atoms with Gasteiger partial charge < -0.3 is 19.3 Å². The second-order valence-corrected chi connectivity index (χ2v) is 4.46. The summed E-state index contributed by atoms with van der Waals surface area (Å²) in [5.41, 5.74) is 0.145. The summed E-state index contributed by atoms with van der Waals surface area (Å²) >= 11 is 0. The summed E-state index contributed by atoms with van der Waals surface area (Å²) in [5, 5.41) is 9.37. The number of aliphatic hydroxyl groups is 1. The van der Waals surface area contributed by atoms with E-state index in [0.717, 1.165) is 12.1 Å². The first-order valence-electron chi connectivity index (χ1n) is 6.69. The Bertz CT molecular complexity index is 637. The standard InChI is InChI=1S/C15H15F3O6/c1-3-23-14(21)13(20)7-10(19)4-9-5-11(22-2)8-12(6-9)24-15(16,17)18/h5-8,20H,3-4H2,1-2H3/b13-7-. The van der Waals surface area contributed by atoms with Crippen molar-refractivity contribution in [3.63, 3.8) is 0 Å². The van der Waals surface area contributed by atoms with Gasteiger partial charge in [-0.15, -0.1) is 13.2 Å². The van der Waals surface area contributed by atoms with Gasteiger partial charge in [0.25, 0.3) is 0 Å². The molecule has 0 saturated heterocycles. The molecule has 1 aromatic rings. The summed E-state index contributed by atoms with van der Waals surface area (Å²) in [5.74, 6) is -3.18. The largest absolute Gasteiger partial charge is 0.573 e. The van der Waals surface area contributed by atoms with Crippen molar-refractivity contribution in [1.29, 1.82) is 0 Å². The molecule has 9 heteroatoms. The Hall–Kier alpha value is -2.71. The fraction of sp³-hybridized carbons (Fsp3) is 0.333. The quantitative estimate of drug-likeness (QED) is 0.463. The maximum Gasteiger partial charge on any atom is 0.573 e. The number of allylic oxidation sites excluding steroid dienone is 1. The molecule has 0 radical (unpaired) electrons. The highest BCUT2D eigenvalue weighted by Crippen LogP contribution is 2.28. The van der Waals surface area contributed by atoms with Crippen molar-refractivity contribution >= 4 is 11.8 Å². The number of carbonyl (C=O) groups excluding carboxylic acids is 2. The van der Waals surface area contributed by atoms with Crippen LogP contribution in [0.3, 0.4) is 0 Å². The number of ether oxygens (including phenoxy) is 3. The molecule has 0 aliphatic heterocycles. The van der Waals surface area contributed by atoms with Crippen LogP contribution in [0, 0.1) is 0 Å². The average Bonchev–Trinajstić information content (AvgIpc) is 2.44. The Balaban J connectivity index is 2.93. The third-order valence-electron chi connectivity index (χ3n) is 2.57. The topological polar surface area (TPSA) is 82.1 Å². The van der Waals surface area contributed by atoms with Gasteiger partial charge in [0.2, 0.25) is 5.76 Å². The number of esters is 1. The predicted molar refractivity (Wildman–Crippen MR) is 75.7 cm³/mol. The maximum atomic E-state index is 12.3. The zero-order chi connectivity index (χ0) is 18.3. The third kappa shape index (κ3) is 6.59. The van der Waals surface area contributed by atoms with Crippen LogP contribution in [0.1, 0.15) is 12.5 Å². The van der Waals surface area contributed by atoms with E-state index in [-0.39, 0.29) is 24.3 Å². The summed E-state index contributed by atoms with van der Waals surface area (Å²) in [6.45, 7) is 1.53. The van der Waals surface area contributed by atoms with Crippen molar-refractivity contribution in [3.8, 4) is 11.5 Å². The number of methoxy groups -OCH3 is 1. The van der Waals surface area contributed by atoms with Crippen LogP contribution in [-0.4, -0.2) is 36.9 Å². The van der Waals surface area contributed by atoms with E-state index in [2.05, 4.69) is 9.47 Å². The molecule has 0 amide bonds. The zero-order valence-corrected chi connectivity index (χ0v) is 12.8. The van der Waals surface area contributed by atoms with E-state index in [1.807, 2.05) is 0 Å². The van der Waals surface area contributed by atoms with Gasteiger partial charge in [0.15, 0.2) is 5.78 Å². The molecule has 1 N–H and O–H groups in total. The van der Waals surface area contributed by atoms with Gasteiger partial charge in [0.1, 0.15) is 11.5 Å². The van der Waals surface area contributed by atoms with Crippen LogP contribution in [0.15, 0.2) is 30.0 Å². The molecule has 0 aliphatic rings. The number of ketones is 1. The summed E-state index contributed by atoms with van der Waals surface area (Å²) in [6, 6.07) is 3.34. The summed E-state index contributed by atoms with van der Waals surface area (Å²) in [4.78, 5) is 23.0. The molecular formula is C15H15F3O6. The van der Waals surface area contributed by atoms with Gasteiger partial charge in [-0.05, 0) is 24.6 Å². The lowest BCUT2D eigenvalue weighted by atomic mass is 10.1. The Kier molecular flexibility index (Phi) is 6.63. The van der Waals surface area contributed by atoms with Crippen molar-refractivity contribution in [3.05, 3.63) is 35.6 Å². The van der Waals surface area contributed by atoms with Gasteiger partial charge in [0.05, 0.1) is 13.7 Å². The van der Waals surface area contributed by atoms with Crippen LogP contribution in [-0.2, 0) is 20.7 Å². The highest BCUT2D eigenvalue weighted by molar-refractivity contribution is 5.98. The fourth-order valence-corrected chi connectivity index (χ4v) is 1.71. The molecule has 132 valence electrons. The molecule has 1 aromatic carbocycles. The second kappa shape index (κ2) is 8.23. The fourth-order valence-electron chi connectivity index (χ4n) is 1.71. The Labute approximate surface area is 135 Å². The smallest absolute Gasteiger partial charge is 0.502 e. The molecule has 0 fully saturated rings. The van der Waals surface area contributed by atoms with E-state index < -0.39 is 29.6 Å². The molecule has 0 spiro atoms. The molecule has 0 unspecified atom stereocenters. The number of halogens is 3. The number of alkyl halides is 3. The predicted octanol–water partition coefficient (Wildman–Crippen LogP) is 2.71. The van der Waals surface area contributed by atoms with Crippen molar-refractivity contribution in [2.24, 2.45) is 0 Å². The number of aliphatic hydroxyl groups excluding tert-OH is 1. The average molecular weight is 348 g/mol. The molecule has 1 rings (SSSR count). The van der Waals surface area contributed by atoms with Gasteiger partial charge in [-0.1, -0.05) is 0 Å². The summed E-state index contributed by atoms with van der Waals surface area (Å²) in [6.07, 6.45) is -4.63. The van der Waals surface area contributed by atoms with Gasteiger partial charge in [-0.2, -0.15) is 0 Å². The molecule has 6 nitrogen and oxygen atoms in total. The second-order valence-electron chi connectivity index (χ2n) is 4.46. The number of hydrogen-bond donors (Lipinski definition) is 1. The van der Waals surface area contributed by atoms with E-state index in [0.29, 0.717) is 6.08 Å². The van der Waals surface area contributed by atoms with Gasteiger partial charge in [-0.25, -0.2) is 4.79 Å². The number of rotatable bonds is 7. The number of hydrogen-bond acceptors (Lipinski definition) is 6. The zero-order valence-electron chi connectivity index (χ0n) is 12.8. The van der Waals surface area contributed by atoms with Crippen LogP contribution in [0.25, 0.3) is 0 Å². The minimum Gasteiger partial charge on any atom is -0.502 e. The van der Waals surface area contributed by atoms with Crippen LogP contribution in [0.2, 0.25) is 0 Å². The van der Waals surface area contributed by atoms with Gasteiger partial charge in [0, 0.05) is 18.6 Å². The molecule has 0 heterocycles. The van der Waals surface area contributed by atoms with Crippen LogP contribution in [0.4, 0.5) is 13.2 Å². The minimum atomic E-state index is -4.89. The Morgan fingerprint density at radius 3 is 2.38 bits per heavy atom. The van der Waals surface area contributed by atoms with Gasteiger partial charge in [-0.3, -0.25) is 4.79 Å². The highest BCUT2D eigenvalue weighted by Gasteiger charge is 2.31. The van der Waals surface area contributed by atoms with Crippen LogP contribution in [0.5, 0.6) is 11.5 Å². The normalized spacial score (nSPS) is 11.8.